The summed E-state index contributed by atoms with van der Waals surface area (Å²) in [7, 11) is 0. The van der Waals surface area contributed by atoms with E-state index in [1.165, 1.54) is 0 Å². The van der Waals surface area contributed by atoms with Crippen LogP contribution in [0.3, 0.4) is 0 Å². The largest absolute Gasteiger partial charge is 0.233 e. The second-order valence-electron chi connectivity index (χ2n) is 4.81. The molecule has 1 aromatic heterocycles. The average Bonchev–Trinajstić information content (AvgIpc) is 2.27. The van der Waals surface area contributed by atoms with Gasteiger partial charge in [0.2, 0.25) is 0 Å². The van der Waals surface area contributed by atoms with Crippen LogP contribution < -0.4 is 0 Å². The molecule has 0 saturated heterocycles. The monoisotopic (exact) mass is 260 g/mol. The van der Waals surface area contributed by atoms with Crippen molar-refractivity contribution in [3.63, 3.8) is 0 Å². The topological polar surface area (TPSA) is 25.8 Å². The normalized spacial score (nSPS) is 11.0. The van der Waals surface area contributed by atoms with Crippen molar-refractivity contribution in [3.8, 4) is 11.4 Å². The van der Waals surface area contributed by atoms with E-state index >= 15 is 0 Å². The molecule has 2 nitrogen and oxygen atoms in total. The summed E-state index contributed by atoms with van der Waals surface area (Å²) in [5, 5.41) is 0.566. The van der Waals surface area contributed by atoms with Gasteiger partial charge in [0.25, 0.3) is 0 Å². The molecule has 1 heterocycles. The van der Waals surface area contributed by atoms with Crippen LogP contribution in [0, 0.1) is 13.8 Å². The summed E-state index contributed by atoms with van der Waals surface area (Å²) < 4.78 is 0. The Balaban J connectivity index is 2.59. The highest BCUT2D eigenvalue weighted by Gasteiger charge is 2.14. The number of halogens is 1. The molecule has 0 fully saturated rings. The Hall–Kier alpha value is -1.41. The molecule has 0 bridgehead atoms. The van der Waals surface area contributed by atoms with E-state index in [2.05, 4.69) is 36.8 Å². The van der Waals surface area contributed by atoms with E-state index in [9.17, 15) is 0 Å². The fraction of sp³-hybridized carbons (Fsp3) is 0.333. The molecule has 0 spiro atoms. The lowest BCUT2D eigenvalue weighted by atomic mass is 10.0. The molecule has 0 N–H and O–H groups in total. The first-order valence-corrected chi connectivity index (χ1v) is 6.48. The summed E-state index contributed by atoms with van der Waals surface area (Å²) in [4.78, 5) is 9.03. The summed E-state index contributed by atoms with van der Waals surface area (Å²) in [6.07, 6.45) is 0. The lowest BCUT2D eigenvalue weighted by Gasteiger charge is -2.13. The van der Waals surface area contributed by atoms with Crippen molar-refractivity contribution in [1.29, 1.82) is 0 Å². The van der Waals surface area contributed by atoms with Gasteiger partial charge in [0.05, 0.1) is 0 Å². The maximum absolute atomic E-state index is 6.28. The Morgan fingerprint density at radius 1 is 1.06 bits per heavy atom. The standard InChI is InChI=1S/C15H17ClN2/c1-9(2)13-11(4)17-15(18-14(13)16)12-8-6-5-7-10(12)3/h5-9H,1-4H3. The molecule has 0 radical (unpaired) electrons. The van der Waals surface area contributed by atoms with Gasteiger partial charge in [0.1, 0.15) is 5.15 Å². The Kier molecular flexibility index (Phi) is 3.67. The average molecular weight is 261 g/mol. The zero-order valence-corrected chi connectivity index (χ0v) is 11.9. The number of hydrogen-bond donors (Lipinski definition) is 0. The SMILES string of the molecule is Cc1ccccc1-c1nc(C)c(C(C)C)c(Cl)n1. The second kappa shape index (κ2) is 5.07. The van der Waals surface area contributed by atoms with Gasteiger partial charge in [-0.3, -0.25) is 0 Å². The number of hydrogen-bond acceptors (Lipinski definition) is 2. The van der Waals surface area contributed by atoms with Gasteiger partial charge >= 0.3 is 0 Å². The summed E-state index contributed by atoms with van der Waals surface area (Å²) in [6.45, 7) is 8.25. The number of rotatable bonds is 2. The molecule has 0 atom stereocenters. The predicted molar refractivity (Wildman–Crippen MR) is 76.0 cm³/mol. The molecule has 0 unspecified atom stereocenters. The number of aryl methyl sites for hydroxylation is 2. The molecule has 1 aromatic carbocycles. The molecule has 0 aliphatic carbocycles. The Bertz CT molecular complexity index is 553. The molecular weight excluding hydrogens is 244 g/mol. The Morgan fingerprint density at radius 3 is 2.28 bits per heavy atom. The molecule has 2 aromatic rings. The van der Waals surface area contributed by atoms with Crippen LogP contribution in [0.4, 0.5) is 0 Å². The molecule has 94 valence electrons. The van der Waals surface area contributed by atoms with Gasteiger partial charge in [-0.25, -0.2) is 9.97 Å². The Morgan fingerprint density at radius 2 is 1.72 bits per heavy atom. The molecule has 0 saturated carbocycles. The minimum Gasteiger partial charge on any atom is -0.233 e. The molecule has 18 heavy (non-hydrogen) atoms. The zero-order valence-electron chi connectivity index (χ0n) is 11.2. The van der Waals surface area contributed by atoms with E-state index in [4.69, 9.17) is 11.6 Å². The van der Waals surface area contributed by atoms with Crippen LogP contribution in [0.25, 0.3) is 11.4 Å². The van der Waals surface area contributed by atoms with E-state index < -0.39 is 0 Å². The van der Waals surface area contributed by atoms with E-state index in [1.807, 2.05) is 25.1 Å². The molecule has 3 heteroatoms. The number of nitrogens with zero attached hydrogens (tertiary/aromatic N) is 2. The van der Waals surface area contributed by atoms with E-state index in [-0.39, 0.29) is 0 Å². The van der Waals surface area contributed by atoms with Crippen molar-refractivity contribution in [2.75, 3.05) is 0 Å². The minimum atomic E-state index is 0.337. The van der Waals surface area contributed by atoms with Crippen molar-refractivity contribution in [3.05, 3.63) is 46.2 Å². The van der Waals surface area contributed by atoms with Crippen LogP contribution in [0.2, 0.25) is 5.15 Å². The third-order valence-electron chi connectivity index (χ3n) is 3.05. The number of benzene rings is 1. The lowest BCUT2D eigenvalue weighted by molar-refractivity contribution is 0.831. The molecule has 2 rings (SSSR count). The molecule has 0 aliphatic heterocycles. The third kappa shape index (κ3) is 2.39. The second-order valence-corrected chi connectivity index (χ2v) is 5.16. The highest BCUT2D eigenvalue weighted by atomic mass is 35.5. The van der Waals surface area contributed by atoms with Crippen molar-refractivity contribution in [2.24, 2.45) is 0 Å². The van der Waals surface area contributed by atoms with Gasteiger partial charge in [0, 0.05) is 16.8 Å². The minimum absolute atomic E-state index is 0.337. The van der Waals surface area contributed by atoms with Crippen LogP contribution in [0.15, 0.2) is 24.3 Å². The smallest absolute Gasteiger partial charge is 0.161 e. The summed E-state index contributed by atoms with van der Waals surface area (Å²) in [5.41, 5.74) is 4.19. The predicted octanol–water partition coefficient (Wildman–Crippen LogP) is 4.54. The molecule has 0 amide bonds. The highest BCUT2D eigenvalue weighted by molar-refractivity contribution is 6.30. The van der Waals surface area contributed by atoms with Gasteiger partial charge in [-0.05, 0) is 25.3 Å². The molecule has 0 aliphatic rings. The van der Waals surface area contributed by atoms with Gasteiger partial charge in [-0.15, -0.1) is 0 Å². The first-order valence-electron chi connectivity index (χ1n) is 6.10. The van der Waals surface area contributed by atoms with Crippen LogP contribution in [-0.4, -0.2) is 9.97 Å². The summed E-state index contributed by atoms with van der Waals surface area (Å²) in [6, 6.07) is 8.08. The number of aromatic nitrogens is 2. The van der Waals surface area contributed by atoms with Crippen LogP contribution in [-0.2, 0) is 0 Å². The van der Waals surface area contributed by atoms with Crippen LogP contribution >= 0.6 is 11.6 Å². The zero-order chi connectivity index (χ0) is 13.3. The summed E-state index contributed by atoms with van der Waals surface area (Å²) in [5.74, 6) is 1.04. The van der Waals surface area contributed by atoms with Crippen molar-refractivity contribution in [2.45, 2.75) is 33.6 Å². The first-order chi connectivity index (χ1) is 8.50. The highest BCUT2D eigenvalue weighted by Crippen LogP contribution is 2.28. The van der Waals surface area contributed by atoms with Gasteiger partial charge in [-0.2, -0.15) is 0 Å². The first kappa shape index (κ1) is 13.0. The maximum Gasteiger partial charge on any atom is 0.161 e. The third-order valence-corrected chi connectivity index (χ3v) is 3.34. The Labute approximate surface area is 113 Å². The molecular formula is C15H17ClN2. The van der Waals surface area contributed by atoms with Gasteiger partial charge < -0.3 is 0 Å². The van der Waals surface area contributed by atoms with E-state index in [0.717, 1.165) is 22.4 Å². The maximum atomic E-state index is 6.28. The summed E-state index contributed by atoms with van der Waals surface area (Å²) >= 11 is 6.28. The quantitative estimate of drug-likeness (QED) is 0.741. The van der Waals surface area contributed by atoms with Crippen molar-refractivity contribution >= 4 is 11.6 Å². The van der Waals surface area contributed by atoms with Crippen LogP contribution in [0.5, 0.6) is 0 Å². The van der Waals surface area contributed by atoms with Crippen molar-refractivity contribution in [1.82, 2.24) is 9.97 Å². The van der Waals surface area contributed by atoms with Crippen LogP contribution in [0.1, 0.15) is 36.6 Å². The van der Waals surface area contributed by atoms with Gasteiger partial charge in [0.15, 0.2) is 5.82 Å². The van der Waals surface area contributed by atoms with E-state index in [0.29, 0.717) is 16.9 Å². The lowest BCUT2D eigenvalue weighted by Crippen LogP contribution is -2.02. The fourth-order valence-corrected chi connectivity index (χ4v) is 2.58. The van der Waals surface area contributed by atoms with Gasteiger partial charge in [-0.1, -0.05) is 49.7 Å². The van der Waals surface area contributed by atoms with Crippen molar-refractivity contribution < 1.29 is 0 Å². The fourth-order valence-electron chi connectivity index (χ4n) is 2.15. The van der Waals surface area contributed by atoms with E-state index in [1.54, 1.807) is 0 Å².